The normalized spacial score (nSPS) is 17.3. The number of halogens is 3. The number of hydrogen-bond acceptors (Lipinski definition) is 2. The summed E-state index contributed by atoms with van der Waals surface area (Å²) in [4.78, 5) is 15.7. The molecule has 1 atom stereocenters. The van der Waals surface area contributed by atoms with Crippen LogP contribution in [-0.2, 0) is 6.42 Å². The fourth-order valence-corrected chi connectivity index (χ4v) is 4.14. The highest BCUT2D eigenvalue weighted by Gasteiger charge is 2.28. The summed E-state index contributed by atoms with van der Waals surface area (Å²) < 4.78 is 0. The zero-order valence-electron chi connectivity index (χ0n) is 11.7. The average molecular weight is 376 g/mol. The minimum Gasteiger partial charge on any atom is -0.317 e. The number of fused-ring (bicyclic) bond motifs is 1. The zero-order valence-corrected chi connectivity index (χ0v) is 14.8. The van der Waals surface area contributed by atoms with Crippen molar-refractivity contribution in [1.29, 1.82) is 0 Å². The van der Waals surface area contributed by atoms with Gasteiger partial charge in [-0.25, -0.2) is 4.79 Å². The summed E-state index contributed by atoms with van der Waals surface area (Å²) in [6.45, 7) is 2.71. The van der Waals surface area contributed by atoms with Crippen molar-refractivity contribution >= 4 is 57.9 Å². The van der Waals surface area contributed by atoms with Crippen molar-refractivity contribution in [3.8, 4) is 0 Å². The molecule has 2 heterocycles. The van der Waals surface area contributed by atoms with Crippen LogP contribution < -0.4 is 5.32 Å². The molecule has 0 fully saturated rings. The number of anilines is 1. The van der Waals surface area contributed by atoms with Crippen molar-refractivity contribution in [1.82, 2.24) is 4.90 Å². The highest BCUT2D eigenvalue weighted by molar-refractivity contribution is 7.10. The lowest BCUT2D eigenvalue weighted by Gasteiger charge is -2.33. The second-order valence-electron chi connectivity index (χ2n) is 5.07. The second-order valence-corrected chi connectivity index (χ2v) is 7.24. The van der Waals surface area contributed by atoms with Gasteiger partial charge in [-0.15, -0.1) is 11.3 Å². The Morgan fingerprint density at radius 1 is 1.27 bits per heavy atom. The Bertz CT molecular complexity index is 732. The van der Waals surface area contributed by atoms with Gasteiger partial charge in [-0.05, 0) is 42.5 Å². The van der Waals surface area contributed by atoms with Crippen LogP contribution in [0, 0.1) is 0 Å². The molecule has 7 heteroatoms. The first-order chi connectivity index (χ1) is 10.5. The summed E-state index contributed by atoms with van der Waals surface area (Å²) >= 11 is 19.8. The van der Waals surface area contributed by atoms with Gasteiger partial charge in [0.15, 0.2) is 0 Å². The van der Waals surface area contributed by atoms with Gasteiger partial charge >= 0.3 is 6.03 Å². The molecule has 3 nitrogen and oxygen atoms in total. The highest BCUT2D eigenvalue weighted by atomic mass is 35.5. The Morgan fingerprint density at radius 2 is 2.05 bits per heavy atom. The van der Waals surface area contributed by atoms with Crippen LogP contribution in [0.3, 0.4) is 0 Å². The number of nitrogens with zero attached hydrogens (tertiary/aromatic N) is 1. The number of urea groups is 1. The molecule has 1 N–H and O–H groups in total. The zero-order chi connectivity index (χ0) is 15.9. The van der Waals surface area contributed by atoms with E-state index in [1.165, 1.54) is 10.4 Å². The predicted molar refractivity (Wildman–Crippen MR) is 93.6 cm³/mol. The van der Waals surface area contributed by atoms with Crippen LogP contribution in [0.25, 0.3) is 0 Å². The molecule has 1 aromatic heterocycles. The molecule has 116 valence electrons. The van der Waals surface area contributed by atoms with Gasteiger partial charge in [0.2, 0.25) is 0 Å². The number of amides is 2. The Kier molecular flexibility index (Phi) is 4.55. The van der Waals surface area contributed by atoms with Gasteiger partial charge in [0.1, 0.15) is 0 Å². The SMILES string of the molecule is C[C@@H]1c2ccsc2CCN1C(=O)Nc1ccc(Cl)c(Cl)c1Cl. The van der Waals surface area contributed by atoms with Crippen LogP contribution in [0.15, 0.2) is 23.6 Å². The monoisotopic (exact) mass is 374 g/mol. The van der Waals surface area contributed by atoms with Crippen LogP contribution in [0.2, 0.25) is 15.1 Å². The maximum Gasteiger partial charge on any atom is 0.322 e. The molecule has 1 aliphatic rings. The summed E-state index contributed by atoms with van der Waals surface area (Å²) in [6, 6.07) is 5.19. The van der Waals surface area contributed by atoms with E-state index in [4.69, 9.17) is 34.8 Å². The van der Waals surface area contributed by atoms with E-state index < -0.39 is 0 Å². The fourth-order valence-electron chi connectivity index (χ4n) is 2.60. The van der Waals surface area contributed by atoms with Crippen molar-refractivity contribution in [2.75, 3.05) is 11.9 Å². The van der Waals surface area contributed by atoms with Gasteiger partial charge in [-0.3, -0.25) is 0 Å². The van der Waals surface area contributed by atoms with Crippen LogP contribution in [0.4, 0.5) is 10.5 Å². The Labute approximate surface area is 147 Å². The molecule has 0 aliphatic carbocycles. The number of carbonyl (C=O) groups is 1. The first-order valence-corrected chi connectivity index (χ1v) is 8.77. The van der Waals surface area contributed by atoms with Crippen LogP contribution >= 0.6 is 46.1 Å². The van der Waals surface area contributed by atoms with Gasteiger partial charge in [0.05, 0.1) is 26.8 Å². The van der Waals surface area contributed by atoms with E-state index in [1.807, 2.05) is 6.92 Å². The standard InChI is InChI=1S/C15H13Cl3N2OS/c1-8-9-5-7-22-12(9)4-6-20(8)15(21)19-11-3-2-10(16)13(17)14(11)18/h2-3,5,7-8H,4,6H2,1H3,(H,19,21)/t8-/m1/s1. The molecule has 1 aliphatic heterocycles. The first-order valence-electron chi connectivity index (χ1n) is 6.76. The minimum absolute atomic E-state index is 0.0385. The molecule has 0 radical (unpaired) electrons. The van der Waals surface area contributed by atoms with Crippen LogP contribution in [-0.4, -0.2) is 17.5 Å². The lowest BCUT2D eigenvalue weighted by molar-refractivity contribution is 0.189. The van der Waals surface area contributed by atoms with Crippen molar-refractivity contribution in [2.24, 2.45) is 0 Å². The quantitative estimate of drug-likeness (QED) is 0.622. The van der Waals surface area contributed by atoms with Crippen molar-refractivity contribution in [3.63, 3.8) is 0 Å². The van der Waals surface area contributed by atoms with Gasteiger partial charge in [-0.1, -0.05) is 34.8 Å². The van der Waals surface area contributed by atoms with E-state index in [1.54, 1.807) is 28.4 Å². The summed E-state index contributed by atoms with van der Waals surface area (Å²) in [5, 5.41) is 5.74. The van der Waals surface area contributed by atoms with Crippen molar-refractivity contribution in [3.05, 3.63) is 49.1 Å². The number of carbonyl (C=O) groups excluding carboxylic acids is 1. The molecule has 0 saturated carbocycles. The van der Waals surface area contributed by atoms with E-state index in [0.717, 1.165) is 6.42 Å². The van der Waals surface area contributed by atoms with Crippen molar-refractivity contribution < 1.29 is 4.79 Å². The maximum absolute atomic E-state index is 12.5. The molecular weight excluding hydrogens is 363 g/mol. The van der Waals surface area contributed by atoms with E-state index in [0.29, 0.717) is 17.3 Å². The van der Waals surface area contributed by atoms with Gasteiger partial charge in [0.25, 0.3) is 0 Å². The summed E-state index contributed by atoms with van der Waals surface area (Å²) in [6.07, 6.45) is 0.875. The van der Waals surface area contributed by atoms with E-state index >= 15 is 0 Å². The first kappa shape index (κ1) is 15.9. The Balaban J connectivity index is 1.80. The highest BCUT2D eigenvalue weighted by Crippen LogP contribution is 2.37. The Morgan fingerprint density at radius 3 is 2.82 bits per heavy atom. The van der Waals surface area contributed by atoms with E-state index in [-0.39, 0.29) is 22.1 Å². The fraction of sp³-hybridized carbons (Fsp3) is 0.267. The molecular formula is C15H13Cl3N2OS. The van der Waals surface area contributed by atoms with Gasteiger partial charge < -0.3 is 10.2 Å². The topological polar surface area (TPSA) is 32.3 Å². The predicted octanol–water partition coefficient (Wildman–Crippen LogP) is 5.86. The summed E-state index contributed by atoms with van der Waals surface area (Å²) in [7, 11) is 0. The number of rotatable bonds is 1. The van der Waals surface area contributed by atoms with Crippen LogP contribution in [0.1, 0.15) is 23.4 Å². The third kappa shape index (κ3) is 2.81. The lowest BCUT2D eigenvalue weighted by Crippen LogP contribution is -2.41. The van der Waals surface area contributed by atoms with Gasteiger partial charge in [-0.2, -0.15) is 0 Å². The molecule has 1 aromatic carbocycles. The Hall–Kier alpha value is -0.940. The molecule has 2 aromatic rings. The third-order valence-electron chi connectivity index (χ3n) is 3.81. The molecule has 0 spiro atoms. The third-order valence-corrected chi connectivity index (χ3v) is 6.10. The lowest BCUT2D eigenvalue weighted by atomic mass is 10.0. The minimum atomic E-state index is -0.190. The number of nitrogens with one attached hydrogen (secondary N) is 1. The average Bonchev–Trinajstić information content (AvgIpc) is 2.97. The molecule has 0 saturated heterocycles. The van der Waals surface area contributed by atoms with Crippen LogP contribution in [0.5, 0.6) is 0 Å². The van der Waals surface area contributed by atoms with Crippen molar-refractivity contribution in [2.45, 2.75) is 19.4 Å². The number of benzene rings is 1. The van der Waals surface area contributed by atoms with Gasteiger partial charge in [0, 0.05) is 11.4 Å². The summed E-state index contributed by atoms with van der Waals surface area (Å²) in [5.41, 5.74) is 1.68. The second kappa shape index (κ2) is 6.28. The number of thiophene rings is 1. The molecule has 0 unspecified atom stereocenters. The molecule has 22 heavy (non-hydrogen) atoms. The smallest absolute Gasteiger partial charge is 0.317 e. The largest absolute Gasteiger partial charge is 0.322 e. The van der Waals surface area contributed by atoms with E-state index in [9.17, 15) is 4.79 Å². The maximum atomic E-state index is 12.5. The molecule has 0 bridgehead atoms. The van der Waals surface area contributed by atoms with E-state index in [2.05, 4.69) is 16.8 Å². The molecule has 2 amide bonds. The molecule has 3 rings (SSSR count). The number of hydrogen-bond donors (Lipinski definition) is 1. The summed E-state index contributed by atoms with van der Waals surface area (Å²) in [5.74, 6) is 0.